The molecule has 13 heavy (non-hydrogen) atoms. The predicted octanol–water partition coefficient (Wildman–Crippen LogP) is 2.53. The van der Waals surface area contributed by atoms with Crippen molar-refractivity contribution in [3.8, 4) is 18.1 Å². The molecule has 2 aromatic carbocycles. The molecule has 1 nitrogen and oxygen atoms in total. The predicted molar refractivity (Wildman–Crippen MR) is 53.5 cm³/mol. The largest absolute Gasteiger partial charge is 0.507 e. The van der Waals surface area contributed by atoms with E-state index in [0.29, 0.717) is 0 Å². The average molecular weight is 168 g/mol. The van der Waals surface area contributed by atoms with Gasteiger partial charge in [0.2, 0.25) is 0 Å². The fraction of sp³-hybridized carbons (Fsp3) is 0. The molecule has 2 aromatic rings. The third-order valence-corrected chi connectivity index (χ3v) is 2.04. The molecule has 1 N–H and O–H groups in total. The minimum absolute atomic E-state index is 0.242. The molecule has 0 saturated heterocycles. The summed E-state index contributed by atoms with van der Waals surface area (Å²) in [5.74, 6) is 2.79. The molecule has 0 atom stereocenters. The number of hydrogen-bond donors (Lipinski definition) is 1. The van der Waals surface area contributed by atoms with Crippen molar-refractivity contribution >= 4 is 10.8 Å². The number of phenols is 1. The molecule has 62 valence electrons. The molecule has 0 aliphatic rings. The van der Waals surface area contributed by atoms with Crippen LogP contribution in [-0.4, -0.2) is 5.11 Å². The Labute approximate surface area is 76.6 Å². The summed E-state index contributed by atoms with van der Waals surface area (Å²) in [5.41, 5.74) is 0.732. The summed E-state index contributed by atoms with van der Waals surface area (Å²) < 4.78 is 0. The van der Waals surface area contributed by atoms with E-state index in [1.54, 1.807) is 12.1 Å². The second kappa shape index (κ2) is 2.84. The highest BCUT2D eigenvalue weighted by Crippen LogP contribution is 2.26. The lowest BCUT2D eigenvalue weighted by Gasteiger charge is -2.02. The summed E-state index contributed by atoms with van der Waals surface area (Å²) >= 11 is 0. The van der Waals surface area contributed by atoms with Crippen molar-refractivity contribution in [3.05, 3.63) is 42.0 Å². The molecule has 1 heteroatoms. The summed E-state index contributed by atoms with van der Waals surface area (Å²) in [4.78, 5) is 0. The van der Waals surface area contributed by atoms with Crippen molar-refractivity contribution in [2.75, 3.05) is 0 Å². The Hall–Kier alpha value is -1.94. The molecule has 0 bridgehead atoms. The number of terminal acetylenes is 1. The van der Waals surface area contributed by atoms with Gasteiger partial charge in [-0.05, 0) is 17.5 Å². The average Bonchev–Trinajstić information content (AvgIpc) is 2.17. The summed E-state index contributed by atoms with van der Waals surface area (Å²) in [7, 11) is 0. The van der Waals surface area contributed by atoms with Crippen molar-refractivity contribution in [1.82, 2.24) is 0 Å². The maximum atomic E-state index is 9.59. The Balaban J connectivity index is 2.97. The van der Waals surface area contributed by atoms with E-state index in [0.717, 1.165) is 16.3 Å². The Morgan fingerprint density at radius 1 is 1.08 bits per heavy atom. The van der Waals surface area contributed by atoms with Gasteiger partial charge >= 0.3 is 0 Å². The van der Waals surface area contributed by atoms with Gasteiger partial charge < -0.3 is 5.11 Å². The standard InChI is InChI=1S/C12H8O/c1-2-9-5-3-6-10-7-4-8-11(13)12(9)10/h1,3-8,13H. The maximum absolute atomic E-state index is 9.59. The highest BCUT2D eigenvalue weighted by atomic mass is 16.3. The van der Waals surface area contributed by atoms with E-state index in [9.17, 15) is 5.11 Å². The highest BCUT2D eigenvalue weighted by molar-refractivity contribution is 5.93. The van der Waals surface area contributed by atoms with Gasteiger partial charge in [-0.2, -0.15) is 0 Å². The van der Waals surface area contributed by atoms with Crippen LogP contribution in [0.2, 0.25) is 0 Å². The molecule has 0 aliphatic carbocycles. The lowest BCUT2D eigenvalue weighted by Crippen LogP contribution is -1.79. The van der Waals surface area contributed by atoms with Crippen LogP contribution in [0.15, 0.2) is 36.4 Å². The smallest absolute Gasteiger partial charge is 0.124 e. The van der Waals surface area contributed by atoms with Crippen LogP contribution in [0.25, 0.3) is 10.8 Å². The molecule has 0 aromatic heterocycles. The summed E-state index contributed by atoms with van der Waals surface area (Å²) in [5, 5.41) is 11.3. The molecule has 0 fully saturated rings. The zero-order valence-electron chi connectivity index (χ0n) is 6.99. The van der Waals surface area contributed by atoms with Crippen molar-refractivity contribution in [2.45, 2.75) is 0 Å². The van der Waals surface area contributed by atoms with Crippen molar-refractivity contribution in [3.63, 3.8) is 0 Å². The number of fused-ring (bicyclic) bond motifs is 1. The SMILES string of the molecule is C#Cc1cccc2cccc(O)c12. The van der Waals surface area contributed by atoms with Gasteiger partial charge in [0.15, 0.2) is 0 Å². The van der Waals surface area contributed by atoms with Crippen LogP contribution >= 0.6 is 0 Å². The van der Waals surface area contributed by atoms with Crippen molar-refractivity contribution in [2.24, 2.45) is 0 Å². The van der Waals surface area contributed by atoms with Crippen LogP contribution in [0.3, 0.4) is 0 Å². The molecular formula is C12H8O. The van der Waals surface area contributed by atoms with Gasteiger partial charge in [0.05, 0.1) is 0 Å². The van der Waals surface area contributed by atoms with Gasteiger partial charge in [-0.15, -0.1) is 6.42 Å². The summed E-state index contributed by atoms with van der Waals surface area (Å²) in [6.07, 6.45) is 5.32. The first-order chi connectivity index (χ1) is 6.33. The molecule has 0 spiro atoms. The normalized spacial score (nSPS) is 9.77. The zero-order valence-corrected chi connectivity index (χ0v) is 6.99. The van der Waals surface area contributed by atoms with Gasteiger partial charge in [-0.1, -0.05) is 30.2 Å². The third-order valence-electron chi connectivity index (χ3n) is 2.04. The van der Waals surface area contributed by atoms with E-state index < -0.39 is 0 Å². The second-order valence-corrected chi connectivity index (χ2v) is 2.83. The summed E-state index contributed by atoms with van der Waals surface area (Å²) in [6, 6.07) is 11.0. The molecule has 0 radical (unpaired) electrons. The van der Waals surface area contributed by atoms with E-state index >= 15 is 0 Å². The van der Waals surface area contributed by atoms with E-state index in [-0.39, 0.29) is 5.75 Å². The van der Waals surface area contributed by atoms with Gasteiger partial charge in [0, 0.05) is 10.9 Å². The Morgan fingerprint density at radius 3 is 2.46 bits per heavy atom. The maximum Gasteiger partial charge on any atom is 0.124 e. The molecule has 0 aliphatic heterocycles. The van der Waals surface area contributed by atoms with Crippen LogP contribution in [0.1, 0.15) is 5.56 Å². The number of aromatic hydroxyl groups is 1. The number of hydrogen-bond acceptors (Lipinski definition) is 1. The Kier molecular flexibility index (Phi) is 1.68. The number of benzene rings is 2. The molecule has 0 saturated carbocycles. The van der Waals surface area contributed by atoms with Crippen molar-refractivity contribution in [1.29, 1.82) is 0 Å². The first-order valence-corrected chi connectivity index (χ1v) is 4.00. The molecule has 0 amide bonds. The van der Waals surface area contributed by atoms with Crippen molar-refractivity contribution < 1.29 is 5.11 Å². The van der Waals surface area contributed by atoms with Crippen LogP contribution in [0.4, 0.5) is 0 Å². The van der Waals surface area contributed by atoms with Crippen LogP contribution in [0.5, 0.6) is 5.75 Å². The molecule has 0 unspecified atom stereocenters. The summed E-state index contributed by atoms with van der Waals surface area (Å²) in [6.45, 7) is 0. The van der Waals surface area contributed by atoms with Crippen LogP contribution in [0, 0.1) is 12.3 Å². The van der Waals surface area contributed by atoms with Crippen LogP contribution in [-0.2, 0) is 0 Å². The third kappa shape index (κ3) is 1.13. The first kappa shape index (κ1) is 7.70. The fourth-order valence-corrected chi connectivity index (χ4v) is 1.44. The minimum atomic E-state index is 0.242. The van der Waals surface area contributed by atoms with E-state index in [4.69, 9.17) is 6.42 Å². The fourth-order valence-electron chi connectivity index (χ4n) is 1.44. The van der Waals surface area contributed by atoms with Crippen LogP contribution < -0.4 is 0 Å². The monoisotopic (exact) mass is 168 g/mol. The zero-order chi connectivity index (χ0) is 9.26. The molecular weight excluding hydrogens is 160 g/mol. The second-order valence-electron chi connectivity index (χ2n) is 2.83. The van der Waals surface area contributed by atoms with Gasteiger partial charge in [-0.25, -0.2) is 0 Å². The molecule has 2 rings (SSSR count). The number of rotatable bonds is 0. The van der Waals surface area contributed by atoms with Gasteiger partial charge in [0.25, 0.3) is 0 Å². The highest BCUT2D eigenvalue weighted by Gasteiger charge is 2.01. The quantitative estimate of drug-likeness (QED) is 0.599. The first-order valence-electron chi connectivity index (χ1n) is 4.00. The topological polar surface area (TPSA) is 20.2 Å². The lowest BCUT2D eigenvalue weighted by atomic mass is 10.0. The Morgan fingerprint density at radius 2 is 1.77 bits per heavy atom. The van der Waals surface area contributed by atoms with Gasteiger partial charge in [0.1, 0.15) is 5.75 Å². The molecule has 0 heterocycles. The lowest BCUT2D eigenvalue weighted by molar-refractivity contribution is 0.481. The van der Waals surface area contributed by atoms with E-state index in [1.165, 1.54) is 0 Å². The Bertz CT molecular complexity index is 487. The minimum Gasteiger partial charge on any atom is -0.507 e. The van der Waals surface area contributed by atoms with E-state index in [2.05, 4.69) is 5.92 Å². The van der Waals surface area contributed by atoms with Gasteiger partial charge in [-0.3, -0.25) is 0 Å². The number of phenolic OH excluding ortho intramolecular Hbond substituents is 1. The van der Waals surface area contributed by atoms with E-state index in [1.807, 2.05) is 24.3 Å².